The number of pyridine rings is 1. The molecule has 3 nitrogen and oxygen atoms in total. The average molecular weight is 284 g/mol. The number of hydrogen-bond donors (Lipinski definition) is 0. The fourth-order valence-electron chi connectivity index (χ4n) is 2.65. The molecule has 0 spiro atoms. The minimum atomic E-state index is -2.55. The monoisotopic (exact) mass is 283 g/mol. The van der Waals surface area contributed by atoms with E-state index < -0.39 is 5.92 Å². The quantitative estimate of drug-likeness (QED) is 0.785. The molecule has 0 saturated heterocycles. The number of hydrogen-bond acceptors (Lipinski definition) is 2. The van der Waals surface area contributed by atoms with Gasteiger partial charge in [-0.2, -0.15) is 0 Å². The fourth-order valence-corrected chi connectivity index (χ4v) is 2.90. The third kappa shape index (κ3) is 1.91. The Morgan fingerprint density at radius 2 is 1.95 bits per heavy atom. The summed E-state index contributed by atoms with van der Waals surface area (Å²) >= 11 is 6.18. The van der Waals surface area contributed by atoms with Gasteiger partial charge in [0, 0.05) is 18.8 Å². The summed E-state index contributed by atoms with van der Waals surface area (Å²) in [7, 11) is 0. The Balaban J connectivity index is 1.72. The molecular formula is C13H12ClF2N3. The predicted octanol–water partition coefficient (Wildman–Crippen LogP) is 3.77. The maximum Gasteiger partial charge on any atom is 0.249 e. The third-order valence-electron chi connectivity index (χ3n) is 3.94. The summed E-state index contributed by atoms with van der Waals surface area (Å²) in [6, 6.07) is 3.87. The van der Waals surface area contributed by atoms with Gasteiger partial charge in [-0.25, -0.2) is 18.3 Å². The van der Waals surface area contributed by atoms with Gasteiger partial charge in [-0.05, 0) is 36.5 Å². The van der Waals surface area contributed by atoms with Crippen LogP contribution >= 0.6 is 11.6 Å². The summed E-state index contributed by atoms with van der Waals surface area (Å²) in [6.45, 7) is 0. The highest BCUT2D eigenvalue weighted by Crippen LogP contribution is 2.47. The maximum atomic E-state index is 12.9. The smallest absolute Gasteiger partial charge is 0.212 e. The SMILES string of the molecule is FC1(F)CC(c2nc3cc(C4CC4)cc(Cl)n3n2)C1. The minimum Gasteiger partial charge on any atom is -0.212 e. The Kier molecular flexibility index (Phi) is 2.23. The van der Waals surface area contributed by atoms with Gasteiger partial charge in [0.2, 0.25) is 5.92 Å². The zero-order valence-corrected chi connectivity index (χ0v) is 10.9. The summed E-state index contributed by atoms with van der Waals surface area (Å²) in [5.74, 6) is -1.72. The zero-order valence-electron chi connectivity index (χ0n) is 10.1. The lowest BCUT2D eigenvalue weighted by Crippen LogP contribution is -2.34. The lowest BCUT2D eigenvalue weighted by molar-refractivity contribution is -0.0884. The predicted molar refractivity (Wildman–Crippen MR) is 66.9 cm³/mol. The van der Waals surface area contributed by atoms with Crippen LogP contribution in [-0.4, -0.2) is 20.5 Å². The van der Waals surface area contributed by atoms with Crippen LogP contribution in [0.4, 0.5) is 8.78 Å². The largest absolute Gasteiger partial charge is 0.249 e. The summed E-state index contributed by atoms with van der Waals surface area (Å²) in [6.07, 6.45) is 2.05. The minimum absolute atomic E-state index is 0.156. The topological polar surface area (TPSA) is 30.2 Å². The van der Waals surface area contributed by atoms with Crippen molar-refractivity contribution in [3.05, 3.63) is 28.7 Å². The molecule has 2 aliphatic rings. The first-order valence-electron chi connectivity index (χ1n) is 6.46. The summed E-state index contributed by atoms with van der Waals surface area (Å²) in [5, 5.41) is 4.76. The van der Waals surface area contributed by atoms with Gasteiger partial charge in [0.25, 0.3) is 0 Å². The fraction of sp³-hybridized carbons (Fsp3) is 0.538. The lowest BCUT2D eigenvalue weighted by Gasteiger charge is -2.32. The zero-order chi connectivity index (χ0) is 13.2. The molecule has 0 atom stereocenters. The van der Waals surface area contributed by atoms with Crippen LogP contribution in [0.15, 0.2) is 12.1 Å². The van der Waals surface area contributed by atoms with Crippen molar-refractivity contribution in [2.45, 2.75) is 43.4 Å². The molecule has 2 heterocycles. The van der Waals surface area contributed by atoms with Gasteiger partial charge in [-0.15, -0.1) is 5.10 Å². The molecule has 0 unspecified atom stereocenters. The van der Waals surface area contributed by atoms with Crippen molar-refractivity contribution in [3.8, 4) is 0 Å². The molecule has 6 heteroatoms. The normalized spacial score (nSPS) is 22.7. The molecule has 0 N–H and O–H groups in total. The first-order chi connectivity index (χ1) is 9.02. The lowest BCUT2D eigenvalue weighted by atomic mass is 9.81. The van der Waals surface area contributed by atoms with E-state index in [1.54, 1.807) is 4.52 Å². The van der Waals surface area contributed by atoms with Gasteiger partial charge in [0.15, 0.2) is 11.5 Å². The van der Waals surface area contributed by atoms with Gasteiger partial charge in [-0.1, -0.05) is 11.6 Å². The Morgan fingerprint density at radius 3 is 2.58 bits per heavy atom. The number of rotatable bonds is 2. The molecule has 0 aliphatic heterocycles. The highest BCUT2D eigenvalue weighted by Gasteiger charge is 2.47. The van der Waals surface area contributed by atoms with E-state index in [2.05, 4.69) is 10.1 Å². The van der Waals surface area contributed by atoms with E-state index in [1.807, 2.05) is 12.1 Å². The standard InChI is InChI=1S/C13H12ClF2N3/c14-10-3-8(7-1-2-7)4-11-17-12(18-19(10)11)9-5-13(15,16)6-9/h3-4,7,9H,1-2,5-6H2. The number of halogens is 3. The van der Waals surface area contributed by atoms with E-state index in [9.17, 15) is 8.78 Å². The number of nitrogens with zero attached hydrogens (tertiary/aromatic N) is 3. The highest BCUT2D eigenvalue weighted by atomic mass is 35.5. The van der Waals surface area contributed by atoms with Crippen LogP contribution in [-0.2, 0) is 0 Å². The van der Waals surface area contributed by atoms with Crippen LogP contribution in [0.3, 0.4) is 0 Å². The van der Waals surface area contributed by atoms with Gasteiger partial charge >= 0.3 is 0 Å². The Hall–Kier alpha value is -1.23. The average Bonchev–Trinajstić information content (AvgIpc) is 3.06. The van der Waals surface area contributed by atoms with E-state index in [0.29, 0.717) is 22.5 Å². The van der Waals surface area contributed by atoms with E-state index in [4.69, 9.17) is 11.6 Å². The molecule has 0 aromatic carbocycles. The van der Waals surface area contributed by atoms with E-state index in [1.165, 1.54) is 18.4 Å². The maximum absolute atomic E-state index is 12.9. The van der Waals surface area contributed by atoms with Crippen molar-refractivity contribution in [2.24, 2.45) is 0 Å². The molecule has 2 aromatic rings. The van der Waals surface area contributed by atoms with Crippen molar-refractivity contribution in [3.63, 3.8) is 0 Å². The Morgan fingerprint density at radius 1 is 1.21 bits per heavy atom. The molecule has 0 bridgehead atoms. The number of fused-ring (bicyclic) bond motifs is 1. The van der Waals surface area contributed by atoms with Crippen molar-refractivity contribution < 1.29 is 8.78 Å². The summed E-state index contributed by atoms with van der Waals surface area (Å²) in [4.78, 5) is 4.37. The first-order valence-corrected chi connectivity index (χ1v) is 6.84. The van der Waals surface area contributed by atoms with Crippen molar-refractivity contribution in [1.82, 2.24) is 14.6 Å². The van der Waals surface area contributed by atoms with Crippen molar-refractivity contribution in [1.29, 1.82) is 0 Å². The van der Waals surface area contributed by atoms with Crippen LogP contribution in [0, 0.1) is 0 Å². The van der Waals surface area contributed by atoms with Gasteiger partial charge in [0.1, 0.15) is 5.15 Å². The van der Waals surface area contributed by atoms with Crippen LogP contribution in [0.25, 0.3) is 5.65 Å². The van der Waals surface area contributed by atoms with Crippen molar-refractivity contribution >= 4 is 17.2 Å². The number of alkyl halides is 2. The molecule has 0 amide bonds. The first kappa shape index (κ1) is 11.6. The number of aromatic nitrogens is 3. The summed E-state index contributed by atoms with van der Waals surface area (Å²) in [5.41, 5.74) is 1.84. The molecule has 4 rings (SSSR count). The van der Waals surface area contributed by atoms with Gasteiger partial charge < -0.3 is 0 Å². The molecule has 0 radical (unpaired) electrons. The third-order valence-corrected chi connectivity index (χ3v) is 4.21. The Labute approximate surface area is 113 Å². The van der Waals surface area contributed by atoms with E-state index >= 15 is 0 Å². The molecular weight excluding hydrogens is 272 g/mol. The van der Waals surface area contributed by atoms with E-state index in [0.717, 1.165) is 0 Å². The molecule has 2 aliphatic carbocycles. The van der Waals surface area contributed by atoms with Crippen LogP contribution < -0.4 is 0 Å². The van der Waals surface area contributed by atoms with Gasteiger partial charge in [0.05, 0.1) is 0 Å². The van der Waals surface area contributed by atoms with Crippen LogP contribution in [0.5, 0.6) is 0 Å². The highest BCUT2D eigenvalue weighted by molar-refractivity contribution is 6.29. The second-order valence-electron chi connectivity index (χ2n) is 5.59. The van der Waals surface area contributed by atoms with Crippen LogP contribution in [0.1, 0.15) is 48.9 Å². The second kappa shape index (κ2) is 3.66. The molecule has 100 valence electrons. The second-order valence-corrected chi connectivity index (χ2v) is 5.97. The van der Waals surface area contributed by atoms with Gasteiger partial charge in [-0.3, -0.25) is 0 Å². The summed E-state index contributed by atoms with van der Waals surface area (Å²) < 4.78 is 27.3. The Bertz CT molecular complexity index is 655. The molecule has 19 heavy (non-hydrogen) atoms. The van der Waals surface area contributed by atoms with Crippen LogP contribution in [0.2, 0.25) is 5.15 Å². The van der Waals surface area contributed by atoms with Crippen molar-refractivity contribution in [2.75, 3.05) is 0 Å². The molecule has 2 aromatic heterocycles. The molecule has 2 saturated carbocycles. The molecule has 2 fully saturated rings. The van der Waals surface area contributed by atoms with E-state index in [-0.39, 0.29) is 18.8 Å².